The molecule has 31 heavy (non-hydrogen) atoms. The molecule has 0 bridgehead atoms. The van der Waals surface area contributed by atoms with Crippen molar-refractivity contribution in [2.45, 2.75) is 71.0 Å². The molecular weight excluding hydrogens is 412 g/mol. The maximum Gasteiger partial charge on any atom is 0.260 e. The Morgan fingerprint density at radius 1 is 1.00 bits per heavy atom. The molecule has 7 heteroatoms. The van der Waals surface area contributed by atoms with Crippen molar-refractivity contribution in [1.29, 1.82) is 0 Å². The molecule has 0 amide bonds. The Morgan fingerprint density at radius 2 is 1.65 bits per heavy atom. The second-order valence-corrected chi connectivity index (χ2v) is 8.63. The minimum atomic E-state index is -2.75. The van der Waals surface area contributed by atoms with Crippen molar-refractivity contribution in [3.05, 3.63) is 41.7 Å². The van der Waals surface area contributed by atoms with Crippen molar-refractivity contribution in [3.8, 4) is 5.75 Å². The molecule has 3 rings (SSSR count). The summed E-state index contributed by atoms with van der Waals surface area (Å²) >= 11 is 0. The summed E-state index contributed by atoms with van der Waals surface area (Å²) < 4.78 is 68.7. The van der Waals surface area contributed by atoms with Crippen LogP contribution in [0.1, 0.15) is 57.4 Å². The fourth-order valence-corrected chi connectivity index (χ4v) is 4.67. The first-order valence-corrected chi connectivity index (χ1v) is 11.3. The van der Waals surface area contributed by atoms with Gasteiger partial charge in [0.2, 0.25) is 0 Å². The third kappa shape index (κ3) is 7.21. The summed E-state index contributed by atoms with van der Waals surface area (Å²) in [5.41, 5.74) is 0.434. The van der Waals surface area contributed by atoms with Crippen LogP contribution in [0, 0.1) is 29.4 Å². The number of allylic oxidation sites excluding steroid dienone is 1. The molecule has 0 radical (unpaired) electrons. The van der Waals surface area contributed by atoms with Crippen LogP contribution in [0.25, 0.3) is 0 Å². The van der Waals surface area contributed by atoms with Crippen LogP contribution in [0.3, 0.4) is 0 Å². The molecule has 0 atom stereocenters. The molecule has 174 valence electrons. The third-order valence-corrected chi connectivity index (χ3v) is 6.38. The molecule has 1 heterocycles. The molecule has 0 aromatic heterocycles. The van der Waals surface area contributed by atoms with E-state index in [-0.39, 0.29) is 6.29 Å². The quantitative estimate of drug-likeness (QED) is 0.315. The van der Waals surface area contributed by atoms with Crippen molar-refractivity contribution in [2.75, 3.05) is 13.2 Å². The Kier molecular flexibility index (Phi) is 9.20. The third-order valence-electron chi connectivity index (χ3n) is 6.38. The van der Waals surface area contributed by atoms with Gasteiger partial charge in [0.05, 0.1) is 19.5 Å². The van der Waals surface area contributed by atoms with Crippen LogP contribution < -0.4 is 4.74 Å². The highest BCUT2D eigenvalue weighted by Crippen LogP contribution is 2.37. The van der Waals surface area contributed by atoms with Crippen molar-refractivity contribution >= 4 is 0 Å². The van der Waals surface area contributed by atoms with Crippen molar-refractivity contribution in [2.24, 2.45) is 17.8 Å². The zero-order valence-electron chi connectivity index (χ0n) is 18.0. The SMILES string of the molecule is CCCC1CCC(C2COC(CCc3cc(F)c(OC=CC(F)F)c(F)c3)OC2)CC1. The number of ether oxygens (including phenoxy) is 3. The van der Waals surface area contributed by atoms with Gasteiger partial charge in [-0.25, -0.2) is 17.6 Å². The van der Waals surface area contributed by atoms with Gasteiger partial charge < -0.3 is 14.2 Å². The maximum absolute atomic E-state index is 14.1. The molecule has 2 fully saturated rings. The Morgan fingerprint density at radius 3 is 2.23 bits per heavy atom. The summed E-state index contributed by atoms with van der Waals surface area (Å²) in [6, 6.07) is 2.30. The predicted octanol–water partition coefficient (Wildman–Crippen LogP) is 6.65. The summed E-state index contributed by atoms with van der Waals surface area (Å²) in [5, 5.41) is 0. The minimum absolute atomic E-state index is 0.373. The van der Waals surface area contributed by atoms with Crippen molar-refractivity contribution < 1.29 is 31.8 Å². The molecule has 0 unspecified atom stereocenters. The minimum Gasteiger partial charge on any atom is -0.459 e. The van der Waals surface area contributed by atoms with E-state index in [2.05, 4.69) is 11.7 Å². The molecule has 3 nitrogen and oxygen atoms in total. The van der Waals surface area contributed by atoms with Gasteiger partial charge in [-0.05, 0) is 48.8 Å². The monoisotopic (exact) mass is 444 g/mol. The highest BCUT2D eigenvalue weighted by molar-refractivity contribution is 5.32. The fraction of sp³-hybridized carbons (Fsp3) is 0.667. The summed E-state index contributed by atoms with van der Waals surface area (Å²) in [5.74, 6) is -0.605. The van der Waals surface area contributed by atoms with E-state index < -0.39 is 23.8 Å². The van der Waals surface area contributed by atoms with Gasteiger partial charge in [0.15, 0.2) is 23.7 Å². The van der Waals surface area contributed by atoms with Crippen LogP contribution in [0.2, 0.25) is 0 Å². The van der Waals surface area contributed by atoms with Gasteiger partial charge in [0.1, 0.15) is 0 Å². The Balaban J connectivity index is 1.42. The van der Waals surface area contributed by atoms with E-state index in [4.69, 9.17) is 9.47 Å². The van der Waals surface area contributed by atoms with Crippen LogP contribution in [0.15, 0.2) is 24.5 Å². The number of aryl methyl sites for hydroxylation is 1. The first-order chi connectivity index (χ1) is 15.0. The van der Waals surface area contributed by atoms with E-state index in [0.29, 0.717) is 55.8 Å². The number of rotatable bonds is 9. The lowest BCUT2D eigenvalue weighted by molar-refractivity contribution is -0.212. The number of benzene rings is 1. The van der Waals surface area contributed by atoms with E-state index in [1.807, 2.05) is 0 Å². The van der Waals surface area contributed by atoms with E-state index in [9.17, 15) is 17.6 Å². The zero-order valence-corrected chi connectivity index (χ0v) is 18.0. The van der Waals surface area contributed by atoms with Crippen LogP contribution >= 0.6 is 0 Å². The van der Waals surface area contributed by atoms with E-state index >= 15 is 0 Å². The Labute approximate surface area is 181 Å². The average Bonchev–Trinajstić information content (AvgIpc) is 2.75. The first-order valence-electron chi connectivity index (χ1n) is 11.3. The van der Waals surface area contributed by atoms with E-state index in [0.717, 1.165) is 18.1 Å². The molecule has 0 spiro atoms. The molecule has 0 N–H and O–H groups in total. The maximum atomic E-state index is 14.1. The molecule has 1 aliphatic carbocycles. The van der Waals surface area contributed by atoms with Gasteiger partial charge in [0.25, 0.3) is 6.43 Å². The average molecular weight is 445 g/mol. The number of halogens is 4. The van der Waals surface area contributed by atoms with Crippen molar-refractivity contribution in [1.82, 2.24) is 0 Å². The Hall–Kier alpha value is -1.60. The van der Waals surface area contributed by atoms with Gasteiger partial charge in [0, 0.05) is 18.4 Å². The Bertz CT molecular complexity index is 686. The van der Waals surface area contributed by atoms with Crippen LogP contribution in [-0.2, 0) is 15.9 Å². The summed E-state index contributed by atoms with van der Waals surface area (Å²) in [6.45, 7) is 3.58. The lowest BCUT2D eigenvalue weighted by atomic mass is 9.75. The van der Waals surface area contributed by atoms with Crippen LogP contribution in [0.5, 0.6) is 5.75 Å². The van der Waals surface area contributed by atoms with Crippen molar-refractivity contribution in [3.63, 3.8) is 0 Å². The molecule has 1 aromatic carbocycles. The number of alkyl halides is 2. The van der Waals surface area contributed by atoms with Gasteiger partial charge in [-0.1, -0.05) is 32.6 Å². The highest BCUT2D eigenvalue weighted by atomic mass is 19.3. The number of hydrogen-bond donors (Lipinski definition) is 0. The molecule has 1 saturated heterocycles. The van der Waals surface area contributed by atoms with Gasteiger partial charge in [-0.2, -0.15) is 0 Å². The van der Waals surface area contributed by atoms with Gasteiger partial charge >= 0.3 is 0 Å². The smallest absolute Gasteiger partial charge is 0.260 e. The lowest BCUT2D eigenvalue weighted by Crippen LogP contribution is -2.37. The molecule has 2 aliphatic rings. The first kappa shape index (κ1) is 24.1. The predicted molar refractivity (Wildman–Crippen MR) is 110 cm³/mol. The highest BCUT2D eigenvalue weighted by Gasteiger charge is 2.31. The topological polar surface area (TPSA) is 27.7 Å². The molecule has 1 aliphatic heterocycles. The van der Waals surface area contributed by atoms with E-state index in [1.165, 1.54) is 38.5 Å². The molecule has 1 aromatic rings. The second-order valence-electron chi connectivity index (χ2n) is 8.63. The van der Waals surface area contributed by atoms with Gasteiger partial charge in [-0.3, -0.25) is 0 Å². The summed E-state index contributed by atoms with van der Waals surface area (Å²) in [4.78, 5) is 0. The van der Waals surface area contributed by atoms with Crippen LogP contribution in [-0.4, -0.2) is 25.9 Å². The normalized spacial score (nSPS) is 27.2. The van der Waals surface area contributed by atoms with Crippen LogP contribution in [0.4, 0.5) is 17.6 Å². The second kappa shape index (κ2) is 11.9. The fourth-order valence-electron chi connectivity index (χ4n) is 4.67. The van der Waals surface area contributed by atoms with E-state index in [1.54, 1.807) is 0 Å². The standard InChI is InChI=1S/C24H32F4O3/c1-2-3-16-4-7-18(8-5-16)19-14-30-23(31-15-19)9-6-17-12-20(25)24(21(26)13-17)29-11-10-22(27)28/h10-13,16,18-19,22-23H,2-9,14-15H2,1H3. The molecular formula is C24H32F4O3. The lowest BCUT2D eigenvalue weighted by Gasteiger charge is -2.37. The molecule has 1 saturated carbocycles. The number of hydrogen-bond acceptors (Lipinski definition) is 3. The van der Waals surface area contributed by atoms with Gasteiger partial charge in [-0.15, -0.1) is 0 Å². The zero-order chi connectivity index (χ0) is 22.2. The largest absolute Gasteiger partial charge is 0.459 e. The summed E-state index contributed by atoms with van der Waals surface area (Å²) in [6.07, 6.45) is 6.38. The summed E-state index contributed by atoms with van der Waals surface area (Å²) in [7, 11) is 0.